The van der Waals surface area contributed by atoms with E-state index in [0.717, 1.165) is 45.0 Å². The number of nitrogens with zero attached hydrogens (tertiary/aromatic N) is 3. The number of carbonyl (C=O) groups excluding carboxylic acids is 1. The smallest absolute Gasteiger partial charge is 0.321 e. The van der Waals surface area contributed by atoms with Gasteiger partial charge in [-0.15, -0.1) is 0 Å². The zero-order valence-electron chi connectivity index (χ0n) is 13.4. The van der Waals surface area contributed by atoms with Gasteiger partial charge in [-0.25, -0.2) is 4.79 Å². The third-order valence-electron chi connectivity index (χ3n) is 3.82. The van der Waals surface area contributed by atoms with E-state index in [1.54, 1.807) is 12.1 Å². The Hall–Kier alpha value is -1.30. The molecule has 0 bridgehead atoms. The lowest BCUT2D eigenvalue weighted by Crippen LogP contribution is -2.50. The highest BCUT2D eigenvalue weighted by Gasteiger charge is 2.20. The van der Waals surface area contributed by atoms with Crippen molar-refractivity contribution < 1.29 is 4.79 Å². The molecular weight excluding hydrogens is 300 g/mol. The molecular formula is C16H25ClN4O. The largest absolute Gasteiger partial charge is 0.322 e. The van der Waals surface area contributed by atoms with Gasteiger partial charge in [0, 0.05) is 36.9 Å². The van der Waals surface area contributed by atoms with E-state index >= 15 is 0 Å². The summed E-state index contributed by atoms with van der Waals surface area (Å²) in [6.45, 7) is 5.63. The molecule has 1 aromatic rings. The normalized spacial score (nSPS) is 16.1. The van der Waals surface area contributed by atoms with E-state index < -0.39 is 0 Å². The third-order valence-corrected chi connectivity index (χ3v) is 4.05. The Kier molecular flexibility index (Phi) is 6.49. The first-order valence-corrected chi connectivity index (χ1v) is 8.11. The van der Waals surface area contributed by atoms with Crippen LogP contribution in [0.25, 0.3) is 0 Å². The van der Waals surface area contributed by atoms with Crippen LogP contribution in [0.3, 0.4) is 0 Å². The second-order valence-corrected chi connectivity index (χ2v) is 6.36. The van der Waals surface area contributed by atoms with Gasteiger partial charge in [-0.05, 0) is 51.8 Å². The summed E-state index contributed by atoms with van der Waals surface area (Å²) in [6, 6.07) is 7.19. The van der Waals surface area contributed by atoms with E-state index in [0.29, 0.717) is 5.02 Å². The summed E-state index contributed by atoms with van der Waals surface area (Å²) in [4.78, 5) is 18.7. The van der Waals surface area contributed by atoms with Crippen molar-refractivity contribution in [3.63, 3.8) is 0 Å². The first-order chi connectivity index (χ1) is 10.5. The Morgan fingerprint density at radius 3 is 2.64 bits per heavy atom. The van der Waals surface area contributed by atoms with Crippen LogP contribution < -0.4 is 5.32 Å². The summed E-state index contributed by atoms with van der Waals surface area (Å²) in [6.07, 6.45) is 1.17. The van der Waals surface area contributed by atoms with Gasteiger partial charge in [-0.1, -0.05) is 17.7 Å². The van der Waals surface area contributed by atoms with Crippen LogP contribution in [0.2, 0.25) is 5.02 Å². The molecule has 1 heterocycles. The maximum atomic E-state index is 12.2. The fraction of sp³-hybridized carbons (Fsp3) is 0.562. The van der Waals surface area contributed by atoms with Gasteiger partial charge in [0.05, 0.1) is 0 Å². The van der Waals surface area contributed by atoms with Crippen LogP contribution >= 0.6 is 11.6 Å². The number of piperazine rings is 1. The molecule has 0 aliphatic carbocycles. The number of urea groups is 1. The molecule has 122 valence electrons. The summed E-state index contributed by atoms with van der Waals surface area (Å²) in [5.74, 6) is 0. The Labute approximate surface area is 137 Å². The van der Waals surface area contributed by atoms with Crippen molar-refractivity contribution in [3.05, 3.63) is 29.3 Å². The van der Waals surface area contributed by atoms with Crippen molar-refractivity contribution >= 4 is 23.3 Å². The van der Waals surface area contributed by atoms with Crippen molar-refractivity contribution in [1.82, 2.24) is 14.7 Å². The van der Waals surface area contributed by atoms with Crippen molar-refractivity contribution in [2.75, 3.05) is 58.7 Å². The number of amides is 2. The van der Waals surface area contributed by atoms with E-state index in [1.165, 1.54) is 6.42 Å². The highest BCUT2D eigenvalue weighted by atomic mass is 35.5. The lowest BCUT2D eigenvalue weighted by molar-refractivity contribution is 0.144. The van der Waals surface area contributed by atoms with Crippen molar-refractivity contribution in [3.8, 4) is 0 Å². The molecule has 1 aromatic carbocycles. The minimum Gasteiger partial charge on any atom is -0.322 e. The predicted octanol–water partition coefficient (Wildman–Crippen LogP) is 2.44. The minimum atomic E-state index is -0.0461. The van der Waals surface area contributed by atoms with Crippen molar-refractivity contribution in [2.24, 2.45) is 0 Å². The van der Waals surface area contributed by atoms with Crippen molar-refractivity contribution in [2.45, 2.75) is 6.42 Å². The number of hydrogen-bond acceptors (Lipinski definition) is 3. The molecule has 1 fully saturated rings. The lowest BCUT2D eigenvalue weighted by Gasteiger charge is -2.34. The van der Waals surface area contributed by atoms with Crippen LogP contribution in [0, 0.1) is 0 Å². The fourth-order valence-corrected chi connectivity index (χ4v) is 2.74. The maximum absolute atomic E-state index is 12.2. The summed E-state index contributed by atoms with van der Waals surface area (Å²) in [5.41, 5.74) is 0.742. The Balaban J connectivity index is 1.73. The maximum Gasteiger partial charge on any atom is 0.321 e. The van der Waals surface area contributed by atoms with E-state index in [4.69, 9.17) is 11.6 Å². The number of halogens is 1. The number of carbonyl (C=O) groups is 1. The van der Waals surface area contributed by atoms with E-state index in [-0.39, 0.29) is 6.03 Å². The summed E-state index contributed by atoms with van der Waals surface area (Å²) in [7, 11) is 4.19. The predicted molar refractivity (Wildman–Crippen MR) is 91.7 cm³/mol. The van der Waals surface area contributed by atoms with Gasteiger partial charge in [-0.2, -0.15) is 0 Å². The van der Waals surface area contributed by atoms with Crippen LogP contribution in [0.4, 0.5) is 10.5 Å². The second-order valence-electron chi connectivity index (χ2n) is 5.93. The summed E-state index contributed by atoms with van der Waals surface area (Å²) in [5, 5.41) is 3.53. The van der Waals surface area contributed by atoms with Crippen LogP contribution in [-0.4, -0.2) is 74.1 Å². The van der Waals surface area contributed by atoms with Crippen LogP contribution in [0.1, 0.15) is 6.42 Å². The summed E-state index contributed by atoms with van der Waals surface area (Å²) < 4.78 is 0. The van der Waals surface area contributed by atoms with Crippen molar-refractivity contribution in [1.29, 1.82) is 0 Å². The zero-order chi connectivity index (χ0) is 15.9. The topological polar surface area (TPSA) is 38.8 Å². The van der Waals surface area contributed by atoms with E-state index in [1.807, 2.05) is 17.0 Å². The Morgan fingerprint density at radius 1 is 1.27 bits per heavy atom. The van der Waals surface area contributed by atoms with Gasteiger partial charge >= 0.3 is 6.03 Å². The van der Waals surface area contributed by atoms with Gasteiger partial charge in [0.15, 0.2) is 0 Å². The van der Waals surface area contributed by atoms with Crippen LogP contribution in [0.15, 0.2) is 24.3 Å². The number of benzene rings is 1. The minimum absolute atomic E-state index is 0.0461. The average Bonchev–Trinajstić information content (AvgIpc) is 2.47. The molecule has 1 saturated heterocycles. The van der Waals surface area contributed by atoms with Crippen LogP contribution in [0.5, 0.6) is 0 Å². The molecule has 2 rings (SSSR count). The molecule has 6 heteroatoms. The second kappa shape index (κ2) is 8.36. The Morgan fingerprint density at radius 2 is 2.00 bits per heavy atom. The first kappa shape index (κ1) is 17.1. The molecule has 1 aliphatic rings. The molecule has 22 heavy (non-hydrogen) atoms. The molecule has 0 saturated carbocycles. The molecule has 0 radical (unpaired) electrons. The van der Waals surface area contributed by atoms with Crippen LogP contribution in [-0.2, 0) is 0 Å². The first-order valence-electron chi connectivity index (χ1n) is 7.73. The number of hydrogen-bond donors (Lipinski definition) is 1. The Bertz CT molecular complexity index is 487. The van der Waals surface area contributed by atoms with Gasteiger partial charge in [0.2, 0.25) is 0 Å². The van der Waals surface area contributed by atoms with E-state index in [9.17, 15) is 4.79 Å². The SMILES string of the molecule is CN(C)CCCN1CCN(C(=O)Nc2cccc(Cl)c2)CC1. The van der Waals surface area contributed by atoms with Gasteiger partial charge < -0.3 is 15.1 Å². The standard InChI is InChI=1S/C16H25ClN4O/c1-19(2)7-4-8-20-9-11-21(12-10-20)16(22)18-15-6-3-5-14(17)13-15/h3,5-6,13H,4,7-12H2,1-2H3,(H,18,22). The zero-order valence-corrected chi connectivity index (χ0v) is 14.1. The summed E-state index contributed by atoms with van der Waals surface area (Å²) >= 11 is 5.93. The number of nitrogens with one attached hydrogen (secondary N) is 1. The van der Waals surface area contributed by atoms with Gasteiger partial charge in [0.1, 0.15) is 0 Å². The monoisotopic (exact) mass is 324 g/mol. The molecule has 1 aliphatic heterocycles. The third kappa shape index (κ3) is 5.48. The molecule has 0 unspecified atom stereocenters. The van der Waals surface area contributed by atoms with Gasteiger partial charge in [0.25, 0.3) is 0 Å². The average molecular weight is 325 g/mol. The van der Waals surface area contributed by atoms with Gasteiger partial charge in [-0.3, -0.25) is 4.90 Å². The lowest BCUT2D eigenvalue weighted by atomic mass is 10.3. The highest BCUT2D eigenvalue weighted by Crippen LogP contribution is 2.15. The molecule has 0 atom stereocenters. The molecule has 1 N–H and O–H groups in total. The molecule has 0 spiro atoms. The quantitative estimate of drug-likeness (QED) is 0.904. The fourth-order valence-electron chi connectivity index (χ4n) is 2.55. The number of anilines is 1. The molecule has 0 aromatic heterocycles. The highest BCUT2D eigenvalue weighted by molar-refractivity contribution is 6.30. The number of rotatable bonds is 5. The molecule has 2 amide bonds. The van der Waals surface area contributed by atoms with E-state index in [2.05, 4.69) is 29.2 Å². The molecule has 5 nitrogen and oxygen atoms in total.